The highest BCUT2D eigenvalue weighted by Gasteiger charge is 2.46. The van der Waals surface area contributed by atoms with Gasteiger partial charge in [-0.25, -0.2) is 4.98 Å². The number of β-amino-alcohol motifs (C(OH)–C–C–N with tert-alkyl or cyclic N) is 1. The molecule has 6 N–H and O–H groups in total. The minimum Gasteiger partial charge on any atom is -0.391 e. The number of amides is 8. The normalized spacial score (nSPS) is 18.5. The van der Waals surface area contributed by atoms with Crippen molar-refractivity contribution in [2.75, 3.05) is 77.8 Å². The number of carbonyl (C=O) groups excluding carboxylic acids is 8. The van der Waals surface area contributed by atoms with Gasteiger partial charge in [-0.15, -0.1) is 11.3 Å². The molecule has 2 saturated heterocycles. The van der Waals surface area contributed by atoms with Crippen LogP contribution >= 0.6 is 11.3 Å². The van der Waals surface area contributed by atoms with Crippen molar-refractivity contribution in [1.29, 1.82) is 0 Å². The molecule has 0 bridgehead atoms. The standard InChI is InChI=1S/C47H60N8O13S/c1-28-40(69-27-51-28)30-10-8-29(9-11-30)23-50-42(60)35-22-31(56)24-54(35)46(64)41(47(2,3)4)52-38(59)26-68-21-19-66-17-16-65-18-20-67-25-37(58)49-15-14-48-33-7-5-6-32-39(33)45(63)55(44(32)62)34-12-13-36(57)53-43(34)61/h5-11,27,31,34-35,41,48,56H,12-26H2,1-4H3,(H,49,58)(H,50,60)(H,52,59)(H,53,57,61). The molecule has 3 aliphatic rings. The molecule has 3 aromatic rings. The first-order valence-electron chi connectivity index (χ1n) is 22.7. The second-order valence-electron chi connectivity index (χ2n) is 17.7. The Morgan fingerprint density at radius 1 is 0.870 bits per heavy atom. The molecule has 8 amide bonds. The highest BCUT2D eigenvalue weighted by Crippen LogP contribution is 2.33. The van der Waals surface area contributed by atoms with Crippen LogP contribution in [0.4, 0.5) is 5.69 Å². The number of rotatable bonds is 24. The Hall–Kier alpha value is -6.17. The molecule has 0 radical (unpaired) electrons. The summed E-state index contributed by atoms with van der Waals surface area (Å²) >= 11 is 1.56. The van der Waals surface area contributed by atoms with Gasteiger partial charge in [0, 0.05) is 44.7 Å². The molecule has 21 nitrogen and oxygen atoms in total. The Bertz CT molecular complexity index is 2350. The van der Waals surface area contributed by atoms with Crippen LogP contribution in [0.15, 0.2) is 48.0 Å². The van der Waals surface area contributed by atoms with E-state index in [0.29, 0.717) is 5.69 Å². The third-order valence-electron chi connectivity index (χ3n) is 11.5. The van der Waals surface area contributed by atoms with Crippen molar-refractivity contribution >= 4 is 64.3 Å². The average molecular weight is 977 g/mol. The van der Waals surface area contributed by atoms with E-state index in [1.165, 1.54) is 11.0 Å². The Kier molecular flexibility index (Phi) is 18.5. The van der Waals surface area contributed by atoms with Crippen molar-refractivity contribution in [3.05, 3.63) is 70.4 Å². The maximum atomic E-state index is 13.9. The lowest BCUT2D eigenvalue weighted by atomic mass is 9.85. The molecule has 4 unspecified atom stereocenters. The van der Waals surface area contributed by atoms with E-state index in [9.17, 15) is 43.5 Å². The smallest absolute Gasteiger partial charge is 0.264 e. The minimum atomic E-state index is -1.07. The van der Waals surface area contributed by atoms with E-state index in [1.54, 1.807) is 49.8 Å². The van der Waals surface area contributed by atoms with Gasteiger partial charge < -0.3 is 50.2 Å². The topological polar surface area (TPSA) is 273 Å². The molecule has 4 atom stereocenters. The lowest BCUT2D eigenvalue weighted by Gasteiger charge is -2.35. The summed E-state index contributed by atoms with van der Waals surface area (Å²) in [5.41, 5.74) is 4.57. The van der Waals surface area contributed by atoms with Crippen LogP contribution in [0.5, 0.6) is 0 Å². The Labute approximate surface area is 403 Å². The molecule has 69 heavy (non-hydrogen) atoms. The maximum absolute atomic E-state index is 13.9. The average Bonchev–Trinajstić information content (AvgIpc) is 4.00. The number of aromatic nitrogens is 1. The van der Waals surface area contributed by atoms with Crippen molar-refractivity contribution in [2.24, 2.45) is 5.41 Å². The van der Waals surface area contributed by atoms with Crippen LogP contribution in [-0.2, 0) is 54.3 Å². The number of hydrogen-bond acceptors (Lipinski definition) is 16. The van der Waals surface area contributed by atoms with E-state index >= 15 is 0 Å². The number of piperidine rings is 1. The van der Waals surface area contributed by atoms with Crippen molar-refractivity contribution in [3.63, 3.8) is 0 Å². The number of thiazole rings is 1. The summed E-state index contributed by atoms with van der Waals surface area (Å²) in [5.74, 6) is -4.16. The van der Waals surface area contributed by atoms with Crippen molar-refractivity contribution < 1.29 is 62.4 Å². The zero-order valence-corrected chi connectivity index (χ0v) is 39.9. The molecule has 2 fully saturated rings. The van der Waals surface area contributed by atoms with Gasteiger partial charge in [-0.1, -0.05) is 51.1 Å². The summed E-state index contributed by atoms with van der Waals surface area (Å²) in [6, 6.07) is 9.53. The van der Waals surface area contributed by atoms with Gasteiger partial charge >= 0.3 is 0 Å². The molecule has 0 spiro atoms. The van der Waals surface area contributed by atoms with E-state index in [2.05, 4.69) is 31.6 Å². The molecular weight excluding hydrogens is 917 g/mol. The van der Waals surface area contributed by atoms with Crippen LogP contribution in [0, 0.1) is 12.3 Å². The molecule has 0 aliphatic carbocycles. The first-order valence-corrected chi connectivity index (χ1v) is 23.6. The summed E-state index contributed by atoms with van der Waals surface area (Å²) in [7, 11) is 0. The van der Waals surface area contributed by atoms with Crippen molar-refractivity contribution in [1.82, 2.24) is 36.1 Å². The van der Waals surface area contributed by atoms with E-state index in [0.717, 1.165) is 26.6 Å². The van der Waals surface area contributed by atoms with E-state index in [4.69, 9.17) is 18.9 Å². The van der Waals surface area contributed by atoms with Crippen molar-refractivity contribution in [3.8, 4) is 10.4 Å². The van der Waals surface area contributed by atoms with Gasteiger partial charge in [0.15, 0.2) is 0 Å². The second kappa shape index (κ2) is 24.4. The number of aliphatic hydroxyl groups is 1. The number of nitrogens with one attached hydrogen (secondary N) is 5. The van der Waals surface area contributed by atoms with Crippen LogP contribution < -0.4 is 26.6 Å². The molecule has 4 heterocycles. The number of hydrogen-bond donors (Lipinski definition) is 6. The third-order valence-corrected chi connectivity index (χ3v) is 12.5. The molecule has 6 rings (SSSR count). The quantitative estimate of drug-likeness (QED) is 0.0538. The fourth-order valence-corrected chi connectivity index (χ4v) is 8.79. The summed E-state index contributed by atoms with van der Waals surface area (Å²) < 4.78 is 21.8. The predicted molar refractivity (Wildman–Crippen MR) is 250 cm³/mol. The second-order valence-corrected chi connectivity index (χ2v) is 18.6. The number of likely N-dealkylation sites (tertiary alicyclic amines) is 1. The monoisotopic (exact) mass is 976 g/mol. The number of imide groups is 2. The first-order chi connectivity index (χ1) is 33.0. The van der Waals surface area contributed by atoms with Crippen LogP contribution in [0.2, 0.25) is 0 Å². The highest BCUT2D eigenvalue weighted by molar-refractivity contribution is 7.13. The molecule has 22 heteroatoms. The fourth-order valence-electron chi connectivity index (χ4n) is 7.98. The third kappa shape index (κ3) is 14.0. The summed E-state index contributed by atoms with van der Waals surface area (Å²) in [5, 5.41) is 24.1. The molecule has 2 aromatic carbocycles. The number of aliphatic hydroxyl groups excluding tert-OH is 1. The summed E-state index contributed by atoms with van der Waals surface area (Å²) in [4.78, 5) is 110. The fraction of sp³-hybridized carbons (Fsp3) is 0.511. The van der Waals surface area contributed by atoms with Crippen LogP contribution in [-0.4, -0.2) is 164 Å². The van der Waals surface area contributed by atoms with E-state index in [1.807, 2.05) is 31.2 Å². The summed E-state index contributed by atoms with van der Waals surface area (Å²) in [6.45, 7) is 8.50. The number of nitrogens with zero attached hydrogens (tertiary/aromatic N) is 3. The number of carbonyl (C=O) groups is 8. The van der Waals surface area contributed by atoms with Gasteiger partial charge in [0.25, 0.3) is 11.8 Å². The van der Waals surface area contributed by atoms with Crippen LogP contribution in [0.25, 0.3) is 10.4 Å². The number of aryl methyl sites for hydroxylation is 1. The van der Waals surface area contributed by atoms with Gasteiger partial charge in [0.1, 0.15) is 31.3 Å². The largest absolute Gasteiger partial charge is 0.391 e. The van der Waals surface area contributed by atoms with E-state index in [-0.39, 0.29) is 115 Å². The van der Waals surface area contributed by atoms with E-state index < -0.39 is 71.0 Å². The lowest BCUT2D eigenvalue weighted by Crippen LogP contribution is -2.58. The highest BCUT2D eigenvalue weighted by atomic mass is 32.1. The molecule has 372 valence electrons. The minimum absolute atomic E-state index is 0.0192. The van der Waals surface area contributed by atoms with Gasteiger partial charge in [-0.2, -0.15) is 0 Å². The zero-order valence-electron chi connectivity index (χ0n) is 39.1. The van der Waals surface area contributed by atoms with Crippen LogP contribution in [0.1, 0.15) is 72.0 Å². The Balaban J connectivity index is 0.793. The maximum Gasteiger partial charge on any atom is 0.264 e. The molecule has 0 saturated carbocycles. The molecule has 1 aromatic heterocycles. The number of fused-ring (bicyclic) bond motifs is 1. The number of benzene rings is 2. The SMILES string of the molecule is Cc1ncsc1-c1ccc(CNC(=O)C2CC(O)CN2C(=O)C(NC(=O)COCCOCCOCCOCC(=O)NCCNc2cccc3c2C(=O)N(C2CCC(=O)NC2=O)C3=O)C(C)(C)C)cc1. The van der Waals surface area contributed by atoms with Crippen LogP contribution in [0.3, 0.4) is 0 Å². The van der Waals surface area contributed by atoms with Gasteiger partial charge in [0.2, 0.25) is 35.4 Å². The van der Waals surface area contributed by atoms with Gasteiger partial charge in [-0.3, -0.25) is 48.6 Å². The molecule has 3 aliphatic heterocycles. The zero-order chi connectivity index (χ0) is 49.7. The van der Waals surface area contributed by atoms with Gasteiger partial charge in [-0.05, 0) is 42.0 Å². The Morgan fingerprint density at radius 2 is 1.54 bits per heavy atom. The van der Waals surface area contributed by atoms with Gasteiger partial charge in [0.05, 0.1) is 73.0 Å². The number of anilines is 1. The molecular formula is C47H60N8O13S. The summed E-state index contributed by atoms with van der Waals surface area (Å²) in [6.07, 6.45) is -0.753. The predicted octanol–water partition coefficient (Wildman–Crippen LogP) is 0.923. The van der Waals surface area contributed by atoms with Crippen molar-refractivity contribution in [2.45, 2.75) is 77.7 Å². The lowest BCUT2D eigenvalue weighted by molar-refractivity contribution is -0.144. The first kappa shape index (κ1) is 52.2. The number of ether oxygens (including phenoxy) is 4. The Morgan fingerprint density at radius 3 is 2.17 bits per heavy atom.